The van der Waals surface area contributed by atoms with Gasteiger partial charge in [0.15, 0.2) is 5.69 Å². The van der Waals surface area contributed by atoms with Gasteiger partial charge < -0.3 is 5.32 Å². The lowest BCUT2D eigenvalue weighted by Crippen LogP contribution is -2.25. The zero-order valence-electron chi connectivity index (χ0n) is 11.1. The van der Waals surface area contributed by atoms with Crippen LogP contribution in [0.3, 0.4) is 0 Å². The van der Waals surface area contributed by atoms with Crippen molar-refractivity contribution < 1.29 is 18.0 Å². The van der Waals surface area contributed by atoms with Crippen LogP contribution < -0.4 is 5.32 Å². The van der Waals surface area contributed by atoms with Gasteiger partial charge in [-0.05, 0) is 6.07 Å². The van der Waals surface area contributed by atoms with Crippen molar-refractivity contribution in [3.63, 3.8) is 0 Å². The molecule has 1 amide bonds. The van der Waals surface area contributed by atoms with Crippen molar-refractivity contribution in [2.75, 3.05) is 0 Å². The van der Waals surface area contributed by atoms with Crippen LogP contribution in [0.15, 0.2) is 12.3 Å². The third-order valence-electron chi connectivity index (χ3n) is 2.67. The highest BCUT2D eigenvalue weighted by Crippen LogP contribution is 2.35. The Hall–Kier alpha value is -2.03. The van der Waals surface area contributed by atoms with Crippen molar-refractivity contribution >= 4 is 17.5 Å². The smallest absolute Gasteiger partial charge is 0.345 e. The standard InChI is InChI=1S/C11H11ClF3N5O/c1-19-4-3-6(17-19)5-16-10(21)8-7(12)9(11(13,14)15)18-20(8)2/h3-4H,5H2,1-2H3,(H,16,21). The summed E-state index contributed by atoms with van der Waals surface area (Å²) in [6.45, 7) is 0.0720. The van der Waals surface area contributed by atoms with Gasteiger partial charge in [-0.3, -0.25) is 14.2 Å². The Morgan fingerprint density at radius 2 is 2.05 bits per heavy atom. The third-order valence-corrected chi connectivity index (χ3v) is 3.03. The number of rotatable bonds is 3. The molecular weight excluding hydrogens is 311 g/mol. The van der Waals surface area contributed by atoms with E-state index < -0.39 is 22.8 Å². The Balaban J connectivity index is 2.18. The minimum atomic E-state index is -4.71. The van der Waals surface area contributed by atoms with E-state index in [1.54, 1.807) is 24.0 Å². The maximum absolute atomic E-state index is 12.7. The topological polar surface area (TPSA) is 64.7 Å². The molecule has 0 aliphatic heterocycles. The lowest BCUT2D eigenvalue weighted by molar-refractivity contribution is -0.141. The highest BCUT2D eigenvalue weighted by molar-refractivity contribution is 6.34. The number of carbonyl (C=O) groups excluding carboxylic acids is 1. The predicted molar refractivity (Wildman–Crippen MR) is 67.6 cm³/mol. The molecule has 2 aromatic rings. The molecule has 2 heterocycles. The van der Waals surface area contributed by atoms with Crippen LogP contribution in [0.4, 0.5) is 13.2 Å². The molecule has 1 N–H and O–H groups in total. The first-order chi connectivity index (χ1) is 9.70. The van der Waals surface area contributed by atoms with Gasteiger partial charge >= 0.3 is 6.18 Å². The Labute approximate surface area is 122 Å². The Kier molecular flexibility index (Phi) is 3.95. The van der Waals surface area contributed by atoms with Crippen molar-refractivity contribution in [2.45, 2.75) is 12.7 Å². The number of hydrogen-bond acceptors (Lipinski definition) is 3. The maximum Gasteiger partial charge on any atom is 0.436 e. The zero-order chi connectivity index (χ0) is 15.8. The van der Waals surface area contributed by atoms with Gasteiger partial charge in [-0.15, -0.1) is 0 Å². The predicted octanol–water partition coefficient (Wildman–Crippen LogP) is 1.76. The summed E-state index contributed by atoms with van der Waals surface area (Å²) < 4.78 is 40.3. The van der Waals surface area contributed by atoms with E-state index in [1.165, 1.54) is 7.05 Å². The van der Waals surface area contributed by atoms with E-state index in [2.05, 4.69) is 15.5 Å². The van der Waals surface area contributed by atoms with Gasteiger partial charge in [-0.2, -0.15) is 23.4 Å². The molecule has 0 spiro atoms. The molecule has 0 saturated carbocycles. The van der Waals surface area contributed by atoms with Gasteiger partial charge in [0.05, 0.1) is 12.2 Å². The van der Waals surface area contributed by atoms with Crippen LogP contribution in [-0.4, -0.2) is 25.5 Å². The largest absolute Gasteiger partial charge is 0.436 e. The Morgan fingerprint density at radius 1 is 1.38 bits per heavy atom. The van der Waals surface area contributed by atoms with E-state index in [-0.39, 0.29) is 12.2 Å². The molecule has 10 heteroatoms. The SMILES string of the molecule is Cn1ccc(CNC(=O)c2c(Cl)c(C(F)(F)F)nn2C)n1. The number of hydrogen-bond donors (Lipinski definition) is 1. The number of carbonyl (C=O) groups is 1. The second-order valence-electron chi connectivity index (χ2n) is 4.30. The lowest BCUT2D eigenvalue weighted by Gasteiger charge is -2.04. The zero-order valence-corrected chi connectivity index (χ0v) is 11.8. The fourth-order valence-electron chi connectivity index (χ4n) is 1.74. The number of aryl methyl sites for hydroxylation is 2. The molecule has 0 fully saturated rings. The fourth-order valence-corrected chi connectivity index (χ4v) is 2.09. The molecule has 0 atom stereocenters. The average Bonchev–Trinajstić information content (AvgIpc) is 2.90. The van der Waals surface area contributed by atoms with E-state index in [4.69, 9.17) is 11.6 Å². The summed E-state index contributed by atoms with van der Waals surface area (Å²) >= 11 is 5.61. The number of aromatic nitrogens is 4. The molecule has 0 bridgehead atoms. The van der Waals surface area contributed by atoms with Crippen LogP contribution in [0.1, 0.15) is 21.9 Å². The third kappa shape index (κ3) is 3.18. The van der Waals surface area contributed by atoms with Crippen LogP contribution in [0.2, 0.25) is 5.02 Å². The molecular formula is C11H11ClF3N5O. The minimum Gasteiger partial charge on any atom is -0.345 e. The van der Waals surface area contributed by atoms with Gasteiger partial charge in [-0.25, -0.2) is 0 Å². The minimum absolute atomic E-state index is 0.0720. The summed E-state index contributed by atoms with van der Waals surface area (Å²) in [4.78, 5) is 11.9. The molecule has 0 radical (unpaired) electrons. The first-order valence-electron chi connectivity index (χ1n) is 5.76. The molecule has 2 aromatic heterocycles. The molecule has 0 saturated heterocycles. The van der Waals surface area contributed by atoms with Gasteiger partial charge in [0, 0.05) is 20.3 Å². The van der Waals surface area contributed by atoms with E-state index in [1.807, 2.05) is 0 Å². The Morgan fingerprint density at radius 3 is 2.52 bits per heavy atom. The summed E-state index contributed by atoms with van der Waals surface area (Å²) in [6.07, 6.45) is -3.03. The van der Waals surface area contributed by atoms with E-state index in [9.17, 15) is 18.0 Å². The number of halogens is 4. The first kappa shape index (κ1) is 15.4. The van der Waals surface area contributed by atoms with Crippen molar-refractivity contribution in [3.05, 3.63) is 34.4 Å². The summed E-state index contributed by atoms with van der Waals surface area (Å²) in [5, 5.41) is 9.00. The molecule has 0 aliphatic carbocycles. The number of alkyl halides is 3. The quantitative estimate of drug-likeness (QED) is 0.937. The molecule has 0 unspecified atom stereocenters. The summed E-state index contributed by atoms with van der Waals surface area (Å²) in [7, 11) is 2.93. The van der Waals surface area contributed by atoms with E-state index in [0.29, 0.717) is 5.69 Å². The molecule has 6 nitrogen and oxygen atoms in total. The fraction of sp³-hybridized carbons (Fsp3) is 0.364. The van der Waals surface area contributed by atoms with E-state index >= 15 is 0 Å². The maximum atomic E-state index is 12.7. The molecule has 0 aromatic carbocycles. The van der Waals surface area contributed by atoms with Crippen molar-refractivity contribution in [1.82, 2.24) is 24.9 Å². The number of nitrogens with zero attached hydrogens (tertiary/aromatic N) is 4. The van der Waals surface area contributed by atoms with Gasteiger partial charge in [0.25, 0.3) is 5.91 Å². The van der Waals surface area contributed by atoms with Gasteiger partial charge in [-0.1, -0.05) is 11.6 Å². The summed E-state index contributed by atoms with van der Waals surface area (Å²) in [5.74, 6) is -0.754. The molecule has 114 valence electrons. The highest BCUT2D eigenvalue weighted by atomic mass is 35.5. The molecule has 21 heavy (non-hydrogen) atoms. The van der Waals surface area contributed by atoms with Crippen LogP contribution in [0.5, 0.6) is 0 Å². The van der Waals surface area contributed by atoms with Crippen molar-refractivity contribution in [2.24, 2.45) is 14.1 Å². The molecule has 2 rings (SSSR count). The van der Waals surface area contributed by atoms with Crippen molar-refractivity contribution in [1.29, 1.82) is 0 Å². The van der Waals surface area contributed by atoms with Crippen LogP contribution in [-0.2, 0) is 26.8 Å². The Bertz CT molecular complexity index is 676. The lowest BCUT2D eigenvalue weighted by atomic mass is 10.3. The summed E-state index contributed by atoms with van der Waals surface area (Å²) in [5.41, 5.74) is -1.06. The van der Waals surface area contributed by atoms with Crippen LogP contribution >= 0.6 is 11.6 Å². The monoisotopic (exact) mass is 321 g/mol. The highest BCUT2D eigenvalue weighted by Gasteiger charge is 2.39. The second kappa shape index (κ2) is 5.40. The van der Waals surface area contributed by atoms with Crippen LogP contribution in [0, 0.1) is 0 Å². The van der Waals surface area contributed by atoms with Crippen molar-refractivity contribution in [3.8, 4) is 0 Å². The van der Waals surface area contributed by atoms with Crippen LogP contribution in [0.25, 0.3) is 0 Å². The van der Waals surface area contributed by atoms with E-state index in [0.717, 1.165) is 4.68 Å². The van der Waals surface area contributed by atoms with Gasteiger partial charge in [0.2, 0.25) is 0 Å². The molecule has 0 aliphatic rings. The average molecular weight is 322 g/mol. The van der Waals surface area contributed by atoms with Gasteiger partial charge in [0.1, 0.15) is 10.7 Å². The second-order valence-corrected chi connectivity index (χ2v) is 4.67. The summed E-state index contributed by atoms with van der Waals surface area (Å²) in [6, 6.07) is 1.67. The number of amides is 1. The number of nitrogens with one attached hydrogen (secondary N) is 1. The first-order valence-corrected chi connectivity index (χ1v) is 6.14. The normalized spacial score (nSPS) is 11.7.